The lowest BCUT2D eigenvalue weighted by molar-refractivity contribution is 0.669. The lowest BCUT2D eigenvalue weighted by Gasteiger charge is -2.26. The van der Waals surface area contributed by atoms with Crippen molar-refractivity contribution >= 4 is 103 Å². The zero-order valence-corrected chi connectivity index (χ0v) is 31.0. The molecule has 262 valence electrons. The molecule has 0 fully saturated rings. The summed E-state index contributed by atoms with van der Waals surface area (Å²) in [6, 6.07) is 70.1. The van der Waals surface area contributed by atoms with Gasteiger partial charge in [0, 0.05) is 65.4 Å². The summed E-state index contributed by atoms with van der Waals surface area (Å²) in [6.07, 6.45) is 0. The van der Waals surface area contributed by atoms with E-state index in [0.717, 1.165) is 55.6 Å². The van der Waals surface area contributed by atoms with Gasteiger partial charge in [-0.3, -0.25) is 0 Å². The predicted octanol–water partition coefficient (Wildman–Crippen LogP) is 15.3. The Morgan fingerprint density at radius 1 is 0.446 bits per heavy atom. The van der Waals surface area contributed by atoms with Crippen LogP contribution in [0.3, 0.4) is 0 Å². The Hall–Kier alpha value is -7.14. The summed E-state index contributed by atoms with van der Waals surface area (Å²) in [5, 5.41) is 9.61. The summed E-state index contributed by atoms with van der Waals surface area (Å²) in [7, 11) is 0. The van der Waals surface area contributed by atoms with Crippen LogP contribution in [-0.4, -0.2) is 4.57 Å². The normalized spacial score (nSPS) is 11.9. The summed E-state index contributed by atoms with van der Waals surface area (Å²) in [6.45, 7) is 0. The third-order valence-corrected chi connectivity index (χ3v) is 12.6. The maximum Gasteiger partial charge on any atom is 0.138 e. The topological polar surface area (TPSA) is 21.3 Å². The standard InChI is InChI=1S/C52H32N2OS/c1-3-16-34(17-4-1)49-50-41-31-36(53(35-19-5-2-6-20-35)44-26-14-24-39-38-22-10-12-28-48(38)56-52(39)44)29-30-43(41)54(42-25-13-18-33-15-7-8-21-37(33)42)45(50)32-47-51(49)40-23-9-11-27-46(40)55-47/h1-32H. The smallest absolute Gasteiger partial charge is 0.138 e. The van der Waals surface area contributed by atoms with Gasteiger partial charge in [0.2, 0.25) is 0 Å². The van der Waals surface area contributed by atoms with Crippen molar-refractivity contribution in [2.75, 3.05) is 4.90 Å². The van der Waals surface area contributed by atoms with E-state index in [1.807, 2.05) is 11.3 Å². The minimum Gasteiger partial charge on any atom is -0.456 e. The van der Waals surface area contributed by atoms with Gasteiger partial charge in [-0.2, -0.15) is 0 Å². The second kappa shape index (κ2) is 12.2. The first-order valence-electron chi connectivity index (χ1n) is 19.0. The first-order valence-corrected chi connectivity index (χ1v) is 19.8. The van der Waals surface area contributed by atoms with E-state index in [0.29, 0.717) is 0 Å². The molecule has 12 aromatic rings. The van der Waals surface area contributed by atoms with Crippen molar-refractivity contribution < 1.29 is 4.42 Å². The predicted molar refractivity (Wildman–Crippen MR) is 239 cm³/mol. The van der Waals surface area contributed by atoms with Crippen LogP contribution < -0.4 is 4.90 Å². The lowest BCUT2D eigenvalue weighted by Crippen LogP contribution is -2.10. The van der Waals surface area contributed by atoms with Crippen LogP contribution in [0.25, 0.3) is 91.5 Å². The highest BCUT2D eigenvalue weighted by molar-refractivity contribution is 7.26. The molecule has 0 aliphatic rings. The number of furan rings is 1. The zero-order chi connectivity index (χ0) is 36.7. The average Bonchev–Trinajstić information content (AvgIpc) is 3.93. The highest BCUT2D eigenvalue weighted by atomic mass is 32.1. The summed E-state index contributed by atoms with van der Waals surface area (Å²) < 4.78 is 11.7. The van der Waals surface area contributed by atoms with Crippen LogP contribution in [-0.2, 0) is 0 Å². The van der Waals surface area contributed by atoms with E-state index in [1.54, 1.807) is 0 Å². The van der Waals surface area contributed by atoms with Crippen LogP contribution in [0.4, 0.5) is 17.1 Å². The average molecular weight is 733 g/mol. The van der Waals surface area contributed by atoms with Crippen molar-refractivity contribution in [2.24, 2.45) is 0 Å². The number of benzene rings is 9. The van der Waals surface area contributed by atoms with Crippen molar-refractivity contribution in [1.29, 1.82) is 0 Å². The van der Waals surface area contributed by atoms with Crippen molar-refractivity contribution in [3.05, 3.63) is 194 Å². The Morgan fingerprint density at radius 2 is 1.14 bits per heavy atom. The Bertz CT molecular complexity index is 3480. The summed E-state index contributed by atoms with van der Waals surface area (Å²) in [4.78, 5) is 2.44. The van der Waals surface area contributed by atoms with Gasteiger partial charge < -0.3 is 13.9 Å². The second-order valence-corrected chi connectivity index (χ2v) is 15.5. The van der Waals surface area contributed by atoms with E-state index in [9.17, 15) is 0 Å². The van der Waals surface area contributed by atoms with E-state index in [1.165, 1.54) is 53.0 Å². The second-order valence-electron chi connectivity index (χ2n) is 14.4. The van der Waals surface area contributed by atoms with Crippen molar-refractivity contribution in [3.8, 4) is 16.8 Å². The number of para-hydroxylation sites is 2. The minimum absolute atomic E-state index is 0.879. The third-order valence-electron chi connectivity index (χ3n) is 11.3. The number of rotatable bonds is 5. The van der Waals surface area contributed by atoms with Crippen molar-refractivity contribution in [1.82, 2.24) is 4.57 Å². The van der Waals surface area contributed by atoms with Gasteiger partial charge in [-0.25, -0.2) is 0 Å². The number of hydrogen-bond acceptors (Lipinski definition) is 3. The number of aromatic nitrogens is 1. The largest absolute Gasteiger partial charge is 0.456 e. The van der Waals surface area contributed by atoms with Gasteiger partial charge in [0.1, 0.15) is 11.2 Å². The Labute approximate surface area is 326 Å². The molecule has 4 heteroatoms. The molecule has 56 heavy (non-hydrogen) atoms. The molecule has 0 aliphatic heterocycles. The molecule has 0 saturated heterocycles. The van der Waals surface area contributed by atoms with Gasteiger partial charge in [0.25, 0.3) is 0 Å². The van der Waals surface area contributed by atoms with E-state index in [2.05, 4.69) is 204 Å². The molecule has 0 unspecified atom stereocenters. The number of hydrogen-bond donors (Lipinski definition) is 0. The molecule has 0 radical (unpaired) electrons. The number of anilines is 3. The molecule has 0 atom stereocenters. The SMILES string of the molecule is c1ccc(-c2c3c(cc4c2c2cc(N(c5ccccc5)c5cccc6c5sc5ccccc56)ccc2n4-c2cccc4ccccc24)oc2ccccc23)cc1. The molecule has 3 nitrogen and oxygen atoms in total. The fraction of sp³-hybridized carbons (Fsp3) is 0. The molecule has 0 aliphatic carbocycles. The fourth-order valence-corrected chi connectivity index (χ4v) is 10.2. The Kier molecular flexibility index (Phi) is 6.80. The van der Waals surface area contributed by atoms with E-state index >= 15 is 0 Å². The first kappa shape index (κ1) is 31.2. The maximum absolute atomic E-state index is 6.72. The molecular formula is C52H32N2OS. The minimum atomic E-state index is 0.879. The van der Waals surface area contributed by atoms with E-state index in [4.69, 9.17) is 4.42 Å². The number of nitrogens with zero attached hydrogens (tertiary/aromatic N) is 2. The molecule has 0 bridgehead atoms. The van der Waals surface area contributed by atoms with Crippen LogP contribution in [0, 0.1) is 0 Å². The molecular weight excluding hydrogens is 701 g/mol. The van der Waals surface area contributed by atoms with E-state index < -0.39 is 0 Å². The first-order chi connectivity index (χ1) is 27.8. The lowest BCUT2D eigenvalue weighted by atomic mass is 9.94. The molecule has 0 N–H and O–H groups in total. The van der Waals surface area contributed by atoms with Crippen LogP contribution in [0.2, 0.25) is 0 Å². The van der Waals surface area contributed by atoms with Gasteiger partial charge in [0.05, 0.1) is 27.1 Å². The Balaban J connectivity index is 1.25. The Morgan fingerprint density at radius 3 is 2.02 bits per heavy atom. The third kappa shape index (κ3) is 4.57. The van der Waals surface area contributed by atoms with E-state index in [-0.39, 0.29) is 0 Å². The fourth-order valence-electron chi connectivity index (χ4n) is 8.98. The molecule has 9 aromatic carbocycles. The van der Waals surface area contributed by atoms with Crippen LogP contribution >= 0.6 is 11.3 Å². The highest BCUT2D eigenvalue weighted by Gasteiger charge is 2.25. The molecule has 0 saturated carbocycles. The number of thiophene rings is 1. The maximum atomic E-state index is 6.72. The zero-order valence-electron chi connectivity index (χ0n) is 30.2. The van der Waals surface area contributed by atoms with Crippen LogP contribution in [0.15, 0.2) is 199 Å². The summed E-state index contributed by atoms with van der Waals surface area (Å²) in [5.41, 5.74) is 10.9. The van der Waals surface area contributed by atoms with Gasteiger partial charge in [-0.15, -0.1) is 11.3 Å². The molecule has 3 aromatic heterocycles. The van der Waals surface area contributed by atoms with Crippen LogP contribution in [0.1, 0.15) is 0 Å². The number of fused-ring (bicyclic) bond motifs is 10. The van der Waals surface area contributed by atoms with Crippen molar-refractivity contribution in [3.63, 3.8) is 0 Å². The monoisotopic (exact) mass is 732 g/mol. The van der Waals surface area contributed by atoms with Crippen molar-refractivity contribution in [2.45, 2.75) is 0 Å². The van der Waals surface area contributed by atoms with Gasteiger partial charge in [-0.1, -0.05) is 133 Å². The van der Waals surface area contributed by atoms with Gasteiger partial charge >= 0.3 is 0 Å². The van der Waals surface area contributed by atoms with Gasteiger partial charge in [0.15, 0.2) is 0 Å². The highest BCUT2D eigenvalue weighted by Crippen LogP contribution is 2.49. The van der Waals surface area contributed by atoms with Gasteiger partial charge in [-0.05, 0) is 65.5 Å². The van der Waals surface area contributed by atoms with Crippen LogP contribution in [0.5, 0.6) is 0 Å². The quantitative estimate of drug-likeness (QED) is 0.176. The molecule has 0 spiro atoms. The molecule has 0 amide bonds. The molecule has 12 rings (SSSR count). The summed E-state index contributed by atoms with van der Waals surface area (Å²) >= 11 is 1.86. The molecule has 3 heterocycles. The summed E-state index contributed by atoms with van der Waals surface area (Å²) in [5.74, 6) is 0.